The maximum absolute atomic E-state index is 12.9. The Balaban J connectivity index is 1.94. The number of hydrogen-bond donors (Lipinski definition) is 1. The number of carbonyl (C=O) groups excluding carboxylic acids is 3. The second kappa shape index (κ2) is 8.90. The lowest BCUT2D eigenvalue weighted by Crippen LogP contribution is -2.31. The maximum atomic E-state index is 12.9. The molecule has 1 atom stereocenters. The van der Waals surface area contributed by atoms with E-state index in [0.29, 0.717) is 11.1 Å². The largest absolute Gasteiger partial charge is 0.503 e. The highest BCUT2D eigenvalue weighted by Crippen LogP contribution is 2.39. The molecule has 0 spiro atoms. The van der Waals surface area contributed by atoms with E-state index in [0.717, 1.165) is 5.56 Å². The van der Waals surface area contributed by atoms with E-state index in [1.165, 1.54) is 4.90 Å². The first-order valence-electron chi connectivity index (χ1n) is 9.79. The molecule has 3 rings (SSSR count). The zero-order valence-electron chi connectivity index (χ0n) is 17.2. The summed E-state index contributed by atoms with van der Waals surface area (Å²) in [6.45, 7) is 5.63. The molecule has 0 radical (unpaired) electrons. The van der Waals surface area contributed by atoms with E-state index in [2.05, 4.69) is 4.98 Å². The van der Waals surface area contributed by atoms with E-state index in [1.54, 1.807) is 69.6 Å². The number of aliphatic hydroxyl groups is 1. The van der Waals surface area contributed by atoms with E-state index in [4.69, 9.17) is 4.74 Å². The van der Waals surface area contributed by atoms with Crippen LogP contribution in [0.1, 0.15) is 48.3 Å². The molecule has 0 saturated carbocycles. The quantitative estimate of drug-likeness (QED) is 0.706. The first-order valence-corrected chi connectivity index (χ1v) is 9.79. The van der Waals surface area contributed by atoms with E-state index in [1.807, 2.05) is 0 Å². The molecule has 7 nitrogen and oxygen atoms in total. The summed E-state index contributed by atoms with van der Waals surface area (Å²) in [6, 6.07) is 9.46. The number of pyridine rings is 1. The molecule has 0 aliphatic carbocycles. The van der Waals surface area contributed by atoms with Gasteiger partial charge in [-0.25, -0.2) is 4.79 Å². The van der Waals surface area contributed by atoms with Crippen molar-refractivity contribution in [2.75, 3.05) is 6.61 Å². The number of esters is 1. The van der Waals surface area contributed by atoms with Crippen molar-refractivity contribution in [3.63, 3.8) is 0 Å². The number of nitrogens with zero attached hydrogens (tertiary/aromatic N) is 2. The van der Waals surface area contributed by atoms with Gasteiger partial charge in [0, 0.05) is 24.9 Å². The Kier molecular flexibility index (Phi) is 6.30. The summed E-state index contributed by atoms with van der Waals surface area (Å²) in [5.74, 6) is -2.21. The highest BCUT2D eigenvalue weighted by atomic mass is 16.5. The predicted octanol–water partition coefficient (Wildman–Crippen LogP) is 3.38. The van der Waals surface area contributed by atoms with Crippen molar-refractivity contribution in [2.45, 2.75) is 33.4 Å². The van der Waals surface area contributed by atoms with Gasteiger partial charge in [-0.3, -0.25) is 14.6 Å². The van der Waals surface area contributed by atoms with Crippen LogP contribution in [0.4, 0.5) is 0 Å². The Bertz CT molecular complexity index is 980. The molecule has 1 aliphatic rings. The Labute approximate surface area is 175 Å². The molecule has 1 aliphatic heterocycles. The van der Waals surface area contributed by atoms with Crippen molar-refractivity contribution in [2.24, 2.45) is 5.92 Å². The van der Waals surface area contributed by atoms with Crippen molar-refractivity contribution in [3.05, 3.63) is 76.8 Å². The third kappa shape index (κ3) is 4.10. The van der Waals surface area contributed by atoms with Crippen LogP contribution in [0.2, 0.25) is 0 Å². The summed E-state index contributed by atoms with van der Waals surface area (Å²) >= 11 is 0. The third-order valence-electron chi connectivity index (χ3n) is 4.91. The normalized spacial score (nSPS) is 16.3. The maximum Gasteiger partial charge on any atom is 0.338 e. The molecule has 0 fully saturated rings. The summed E-state index contributed by atoms with van der Waals surface area (Å²) in [5, 5.41) is 10.5. The number of Topliss-reactive ketones (excluding diaryl/α,β-unsaturated/α-hetero) is 1. The van der Waals surface area contributed by atoms with Gasteiger partial charge < -0.3 is 14.7 Å². The lowest BCUT2D eigenvalue weighted by Gasteiger charge is -2.27. The standard InChI is InChI=1S/C23H24N2O5/c1-4-30-23(29)16-9-7-15(8-10-16)13-25-19(17-6-5-11-24-12-17)18(20(26)14(2)3)21(27)22(25)28/h5-12,14,19,27H,4,13H2,1-3H3. The summed E-state index contributed by atoms with van der Waals surface area (Å²) in [5.41, 5.74) is 1.89. The SMILES string of the molecule is CCOC(=O)c1ccc(CN2C(=O)C(O)=C(C(=O)C(C)C)C2c2cccnc2)cc1. The molecule has 1 amide bonds. The fourth-order valence-electron chi connectivity index (χ4n) is 3.42. The van der Waals surface area contributed by atoms with Crippen LogP contribution in [0.25, 0.3) is 0 Å². The molecule has 0 saturated heterocycles. The predicted molar refractivity (Wildman–Crippen MR) is 109 cm³/mol. The van der Waals surface area contributed by atoms with E-state index in [9.17, 15) is 19.5 Å². The van der Waals surface area contributed by atoms with Gasteiger partial charge in [0.1, 0.15) is 0 Å². The number of ketones is 1. The average molecular weight is 408 g/mol. The van der Waals surface area contributed by atoms with Gasteiger partial charge in [0.25, 0.3) is 5.91 Å². The number of aromatic nitrogens is 1. The third-order valence-corrected chi connectivity index (χ3v) is 4.91. The van der Waals surface area contributed by atoms with E-state index < -0.39 is 23.7 Å². The Morgan fingerprint density at radius 1 is 1.20 bits per heavy atom. The van der Waals surface area contributed by atoms with Crippen LogP contribution in [-0.4, -0.2) is 39.3 Å². The lowest BCUT2D eigenvalue weighted by atomic mass is 9.92. The molecule has 1 aromatic heterocycles. The zero-order valence-corrected chi connectivity index (χ0v) is 17.2. The summed E-state index contributed by atoms with van der Waals surface area (Å²) in [7, 11) is 0. The fraction of sp³-hybridized carbons (Fsp3) is 0.304. The molecular formula is C23H24N2O5. The number of benzene rings is 1. The molecule has 1 aromatic carbocycles. The van der Waals surface area contributed by atoms with Gasteiger partial charge in [0.05, 0.1) is 23.8 Å². The minimum Gasteiger partial charge on any atom is -0.503 e. The molecule has 0 bridgehead atoms. The van der Waals surface area contributed by atoms with Crippen LogP contribution in [0, 0.1) is 5.92 Å². The number of aliphatic hydroxyl groups excluding tert-OH is 1. The van der Waals surface area contributed by atoms with Crippen LogP contribution >= 0.6 is 0 Å². The van der Waals surface area contributed by atoms with Gasteiger partial charge in [-0.05, 0) is 36.2 Å². The number of hydrogen-bond acceptors (Lipinski definition) is 6. The second-order valence-electron chi connectivity index (χ2n) is 7.32. The first kappa shape index (κ1) is 21.2. The lowest BCUT2D eigenvalue weighted by molar-refractivity contribution is -0.130. The molecule has 30 heavy (non-hydrogen) atoms. The highest BCUT2D eigenvalue weighted by molar-refractivity contribution is 6.09. The fourth-order valence-corrected chi connectivity index (χ4v) is 3.42. The van der Waals surface area contributed by atoms with Crippen LogP contribution in [-0.2, 0) is 20.9 Å². The number of rotatable bonds is 7. The molecule has 7 heteroatoms. The highest BCUT2D eigenvalue weighted by Gasteiger charge is 2.43. The summed E-state index contributed by atoms with van der Waals surface area (Å²) in [6.07, 6.45) is 3.19. The topological polar surface area (TPSA) is 96.8 Å². The van der Waals surface area contributed by atoms with Crippen molar-refractivity contribution in [1.82, 2.24) is 9.88 Å². The Morgan fingerprint density at radius 2 is 1.90 bits per heavy atom. The van der Waals surface area contributed by atoms with E-state index in [-0.39, 0.29) is 30.4 Å². The van der Waals surface area contributed by atoms with Crippen LogP contribution in [0.5, 0.6) is 0 Å². The zero-order chi connectivity index (χ0) is 21.8. The second-order valence-corrected chi connectivity index (χ2v) is 7.32. The van der Waals surface area contributed by atoms with Crippen molar-refractivity contribution < 1.29 is 24.2 Å². The number of carbonyl (C=O) groups is 3. The minimum absolute atomic E-state index is 0.0890. The van der Waals surface area contributed by atoms with Crippen molar-refractivity contribution in [3.8, 4) is 0 Å². The van der Waals surface area contributed by atoms with Gasteiger partial charge in [-0.15, -0.1) is 0 Å². The Hall–Kier alpha value is -3.48. The van der Waals surface area contributed by atoms with Crippen LogP contribution < -0.4 is 0 Å². The van der Waals surface area contributed by atoms with Gasteiger partial charge >= 0.3 is 5.97 Å². The van der Waals surface area contributed by atoms with Crippen LogP contribution in [0.3, 0.4) is 0 Å². The molecule has 2 heterocycles. The number of ether oxygens (including phenoxy) is 1. The van der Waals surface area contributed by atoms with Gasteiger partial charge in [-0.2, -0.15) is 0 Å². The minimum atomic E-state index is -0.731. The van der Waals surface area contributed by atoms with Crippen molar-refractivity contribution >= 4 is 17.7 Å². The first-order chi connectivity index (χ1) is 14.3. The van der Waals surface area contributed by atoms with Gasteiger partial charge in [-0.1, -0.05) is 32.0 Å². The molecule has 2 aromatic rings. The van der Waals surface area contributed by atoms with Crippen molar-refractivity contribution in [1.29, 1.82) is 0 Å². The van der Waals surface area contributed by atoms with Gasteiger partial charge in [0.15, 0.2) is 11.5 Å². The smallest absolute Gasteiger partial charge is 0.338 e. The summed E-state index contributed by atoms with van der Waals surface area (Å²) in [4.78, 5) is 43.1. The summed E-state index contributed by atoms with van der Waals surface area (Å²) < 4.78 is 4.98. The monoisotopic (exact) mass is 408 g/mol. The van der Waals surface area contributed by atoms with E-state index >= 15 is 0 Å². The average Bonchev–Trinajstić information content (AvgIpc) is 2.99. The molecule has 156 valence electrons. The Morgan fingerprint density at radius 3 is 2.47 bits per heavy atom. The van der Waals surface area contributed by atoms with Crippen LogP contribution in [0.15, 0.2) is 60.1 Å². The number of amides is 1. The molecule has 1 N–H and O–H groups in total. The molecule has 1 unspecified atom stereocenters. The van der Waals surface area contributed by atoms with Gasteiger partial charge in [0.2, 0.25) is 0 Å². The molecular weight excluding hydrogens is 384 g/mol.